The van der Waals surface area contributed by atoms with Crippen molar-refractivity contribution in [2.45, 2.75) is 26.3 Å². The van der Waals surface area contributed by atoms with Crippen LogP contribution in [0.5, 0.6) is 0 Å². The first-order valence-corrected chi connectivity index (χ1v) is 4.88. The molecule has 6 heteroatoms. The van der Waals surface area contributed by atoms with Gasteiger partial charge in [0.2, 0.25) is 0 Å². The number of hydrogen-bond acceptors (Lipinski definition) is 4. The van der Waals surface area contributed by atoms with Crippen LogP contribution in [-0.2, 0) is 9.59 Å². The summed E-state index contributed by atoms with van der Waals surface area (Å²) in [5.41, 5.74) is -0.0988. The molecule has 0 aliphatic heterocycles. The van der Waals surface area contributed by atoms with Gasteiger partial charge in [0.05, 0.1) is 13.1 Å². The minimum absolute atomic E-state index is 0.0312. The van der Waals surface area contributed by atoms with Crippen LogP contribution in [0, 0.1) is 0 Å². The van der Waals surface area contributed by atoms with Crippen LogP contribution in [0.3, 0.4) is 0 Å². The molecule has 0 aromatic carbocycles. The predicted molar refractivity (Wildman–Crippen MR) is 61.6 cm³/mol. The van der Waals surface area contributed by atoms with Gasteiger partial charge >= 0.3 is 11.9 Å². The molecule has 0 rings (SSSR count). The molecule has 96 valence electrons. The van der Waals surface area contributed by atoms with Gasteiger partial charge < -0.3 is 15.5 Å². The molecule has 0 atom stereocenters. The Labute approximate surface area is 96.3 Å². The molecule has 16 heavy (non-hydrogen) atoms. The number of carboxylic acid groups (broad SMARTS) is 2. The smallest absolute Gasteiger partial charge is 0.317 e. The Kier molecular flexibility index (Phi) is 8.70. The predicted octanol–water partition coefficient (Wildman–Crippen LogP) is 0.0917. The number of rotatable bonds is 4. The lowest BCUT2D eigenvalue weighted by atomic mass is 10.1. The van der Waals surface area contributed by atoms with E-state index in [4.69, 9.17) is 10.2 Å². The second-order valence-corrected chi connectivity index (χ2v) is 4.63. The zero-order chi connectivity index (χ0) is 13.4. The number of nitrogens with one attached hydrogen (secondary N) is 1. The van der Waals surface area contributed by atoms with Gasteiger partial charge in [-0.2, -0.15) is 0 Å². The van der Waals surface area contributed by atoms with Gasteiger partial charge in [0.25, 0.3) is 0 Å². The molecule has 0 fully saturated rings. The van der Waals surface area contributed by atoms with E-state index >= 15 is 0 Å². The van der Waals surface area contributed by atoms with Gasteiger partial charge in [-0.15, -0.1) is 0 Å². The first kappa shape index (κ1) is 17.3. The average molecular weight is 234 g/mol. The van der Waals surface area contributed by atoms with Gasteiger partial charge in [0.1, 0.15) is 0 Å². The van der Waals surface area contributed by atoms with Gasteiger partial charge in [0.15, 0.2) is 0 Å². The summed E-state index contributed by atoms with van der Waals surface area (Å²) in [4.78, 5) is 21.4. The largest absolute Gasteiger partial charge is 0.480 e. The molecule has 0 aromatic rings. The number of carboxylic acids is 2. The van der Waals surface area contributed by atoms with E-state index in [0.717, 1.165) is 0 Å². The molecule has 3 N–H and O–H groups in total. The maximum Gasteiger partial charge on any atom is 0.317 e. The highest BCUT2D eigenvalue weighted by molar-refractivity contribution is 5.69. The maximum absolute atomic E-state index is 9.98. The standard InChI is InChI=1S/C6H13NO2.C4H9NO2/c1-6(2,3)7-4-5(8)9;1-5(2)3-4(6)7/h7H,4H2,1-3H3,(H,8,9);3H2,1-2H3,(H,6,7). The highest BCUT2D eigenvalue weighted by atomic mass is 16.4. The second kappa shape index (κ2) is 8.06. The molecule has 0 aliphatic carbocycles. The van der Waals surface area contributed by atoms with Crippen LogP contribution in [0.2, 0.25) is 0 Å². The number of nitrogens with zero attached hydrogens (tertiary/aromatic N) is 1. The van der Waals surface area contributed by atoms with Crippen LogP contribution >= 0.6 is 0 Å². The molecule has 0 heterocycles. The summed E-state index contributed by atoms with van der Waals surface area (Å²) in [6.07, 6.45) is 0. The van der Waals surface area contributed by atoms with Gasteiger partial charge in [0, 0.05) is 5.54 Å². The van der Waals surface area contributed by atoms with Gasteiger partial charge in [-0.3, -0.25) is 14.5 Å². The van der Waals surface area contributed by atoms with Crippen LogP contribution in [-0.4, -0.2) is 59.8 Å². The lowest BCUT2D eigenvalue weighted by Gasteiger charge is -2.18. The van der Waals surface area contributed by atoms with Crippen molar-refractivity contribution < 1.29 is 19.8 Å². The molecule has 0 spiro atoms. The van der Waals surface area contributed by atoms with E-state index in [2.05, 4.69) is 5.32 Å². The zero-order valence-corrected chi connectivity index (χ0v) is 10.6. The SMILES string of the molecule is CC(C)(C)NCC(=O)O.CN(C)CC(=O)O. The van der Waals surface area contributed by atoms with E-state index in [1.54, 1.807) is 19.0 Å². The fourth-order valence-corrected chi connectivity index (χ4v) is 0.611. The van der Waals surface area contributed by atoms with Crippen molar-refractivity contribution in [3.8, 4) is 0 Å². The van der Waals surface area contributed by atoms with Gasteiger partial charge in [-0.1, -0.05) is 0 Å². The Bertz CT molecular complexity index is 221. The normalized spacial score (nSPS) is 10.6. The van der Waals surface area contributed by atoms with Gasteiger partial charge in [-0.05, 0) is 34.9 Å². The number of likely N-dealkylation sites (N-methyl/N-ethyl adjacent to an activating group) is 1. The molecule has 0 radical (unpaired) electrons. The lowest BCUT2D eigenvalue weighted by Crippen LogP contribution is -2.39. The maximum atomic E-state index is 9.98. The molecular formula is C10H22N2O4. The van der Waals surface area contributed by atoms with Crippen LogP contribution in [0.25, 0.3) is 0 Å². The van der Waals surface area contributed by atoms with E-state index in [0.29, 0.717) is 0 Å². The fraction of sp³-hybridized carbons (Fsp3) is 0.800. The van der Waals surface area contributed by atoms with Crippen molar-refractivity contribution >= 4 is 11.9 Å². The molecule has 6 nitrogen and oxygen atoms in total. The van der Waals surface area contributed by atoms with E-state index in [1.165, 1.54) is 0 Å². The van der Waals surface area contributed by atoms with E-state index in [1.807, 2.05) is 20.8 Å². The quantitative estimate of drug-likeness (QED) is 0.639. The topological polar surface area (TPSA) is 89.9 Å². The van der Waals surface area contributed by atoms with E-state index in [9.17, 15) is 9.59 Å². The Morgan fingerprint density at radius 3 is 1.62 bits per heavy atom. The Balaban J connectivity index is 0. The van der Waals surface area contributed by atoms with Crippen molar-refractivity contribution in [3.05, 3.63) is 0 Å². The third-order valence-corrected chi connectivity index (χ3v) is 1.22. The highest BCUT2D eigenvalue weighted by Gasteiger charge is 2.09. The number of aliphatic carboxylic acids is 2. The average Bonchev–Trinajstić information content (AvgIpc) is 1.97. The molecule has 0 aromatic heterocycles. The third kappa shape index (κ3) is 23.0. The third-order valence-electron chi connectivity index (χ3n) is 1.22. The van der Waals surface area contributed by atoms with Crippen molar-refractivity contribution in [1.29, 1.82) is 0 Å². The molecule has 0 unspecified atom stereocenters. The van der Waals surface area contributed by atoms with E-state index in [-0.39, 0.29) is 18.6 Å². The Hall–Kier alpha value is -1.14. The monoisotopic (exact) mass is 234 g/mol. The molecule has 0 amide bonds. The Morgan fingerprint density at radius 2 is 1.56 bits per heavy atom. The second-order valence-electron chi connectivity index (χ2n) is 4.63. The zero-order valence-electron chi connectivity index (χ0n) is 10.6. The highest BCUT2D eigenvalue weighted by Crippen LogP contribution is 1.96. The molecule has 0 saturated heterocycles. The molecule has 0 saturated carbocycles. The van der Waals surface area contributed by atoms with Crippen molar-refractivity contribution in [1.82, 2.24) is 10.2 Å². The first-order valence-electron chi connectivity index (χ1n) is 4.88. The summed E-state index contributed by atoms with van der Waals surface area (Å²) in [6, 6.07) is 0. The van der Waals surface area contributed by atoms with Crippen LogP contribution < -0.4 is 5.32 Å². The van der Waals surface area contributed by atoms with E-state index < -0.39 is 11.9 Å². The van der Waals surface area contributed by atoms with Crippen LogP contribution in [0.1, 0.15) is 20.8 Å². The summed E-state index contributed by atoms with van der Waals surface area (Å²) in [7, 11) is 3.43. The molecule has 0 bridgehead atoms. The first-order chi connectivity index (χ1) is 7.04. The van der Waals surface area contributed by atoms with Crippen molar-refractivity contribution in [2.75, 3.05) is 27.2 Å². The number of hydrogen-bond donors (Lipinski definition) is 3. The summed E-state index contributed by atoms with van der Waals surface area (Å²) >= 11 is 0. The fourth-order valence-electron chi connectivity index (χ4n) is 0.611. The summed E-state index contributed by atoms with van der Waals surface area (Å²) in [6.45, 7) is 5.92. The minimum atomic E-state index is -0.815. The van der Waals surface area contributed by atoms with Crippen LogP contribution in [0.15, 0.2) is 0 Å². The Morgan fingerprint density at radius 1 is 1.12 bits per heavy atom. The lowest BCUT2D eigenvalue weighted by molar-refractivity contribution is -0.138. The van der Waals surface area contributed by atoms with Crippen molar-refractivity contribution in [3.63, 3.8) is 0 Å². The summed E-state index contributed by atoms with van der Waals surface area (Å²) in [5.74, 6) is -1.60. The number of carbonyl (C=O) groups is 2. The summed E-state index contributed by atoms with van der Waals surface area (Å²) < 4.78 is 0. The molecular weight excluding hydrogens is 212 g/mol. The minimum Gasteiger partial charge on any atom is -0.480 e. The van der Waals surface area contributed by atoms with Gasteiger partial charge in [-0.25, -0.2) is 0 Å². The van der Waals surface area contributed by atoms with Crippen molar-refractivity contribution in [2.24, 2.45) is 0 Å². The van der Waals surface area contributed by atoms with Crippen LogP contribution in [0.4, 0.5) is 0 Å². The molecule has 0 aliphatic rings. The summed E-state index contributed by atoms with van der Waals surface area (Å²) in [5, 5.41) is 19.1.